The first-order valence-electron chi connectivity index (χ1n) is 10.7. The molecule has 0 bridgehead atoms. The van der Waals surface area contributed by atoms with Crippen molar-refractivity contribution in [2.75, 3.05) is 12.4 Å². The minimum absolute atomic E-state index is 0.0217. The van der Waals surface area contributed by atoms with Crippen LogP contribution in [0.15, 0.2) is 42.6 Å². The average molecular weight is 484 g/mol. The van der Waals surface area contributed by atoms with Gasteiger partial charge in [-0.3, -0.25) is 0 Å². The highest BCUT2D eigenvalue weighted by Crippen LogP contribution is 2.41. The Labute approximate surface area is 197 Å². The molecule has 1 heterocycles. The minimum atomic E-state index is -3.53. The van der Waals surface area contributed by atoms with Crippen molar-refractivity contribution in [2.24, 2.45) is 0 Å². The van der Waals surface area contributed by atoms with Crippen LogP contribution in [0.1, 0.15) is 43.0 Å². The summed E-state index contributed by atoms with van der Waals surface area (Å²) in [6.45, 7) is 3.43. The number of nitrogens with one attached hydrogen (secondary N) is 1. The second-order valence-electron chi connectivity index (χ2n) is 8.14. The fourth-order valence-corrected chi connectivity index (χ4v) is 6.04. The molecule has 7 nitrogen and oxygen atoms in total. The standard InChI is InChI=1S/C24H25N3O4S2/c1-15(2)31-22-9-6-16(12-17(22)13-25)24-26-14-23(32-24)20-5-3-4-19-18(20)7-8-21(19)27-33(29,30)11-10-28/h3-6,9,12,14-15,21,27-28H,7-8,10-11H2,1-2H3/t21-/m0/s1. The number of benzene rings is 2. The van der Waals surface area contributed by atoms with Crippen molar-refractivity contribution in [2.45, 2.75) is 38.8 Å². The summed E-state index contributed by atoms with van der Waals surface area (Å²) in [6.07, 6.45) is 3.23. The van der Waals surface area contributed by atoms with E-state index in [2.05, 4.69) is 15.8 Å². The molecule has 33 heavy (non-hydrogen) atoms. The third kappa shape index (κ3) is 5.09. The Kier molecular flexibility index (Phi) is 6.81. The van der Waals surface area contributed by atoms with Gasteiger partial charge in [-0.15, -0.1) is 11.3 Å². The first-order valence-corrected chi connectivity index (χ1v) is 13.2. The number of fused-ring (bicyclic) bond motifs is 1. The van der Waals surface area contributed by atoms with Gasteiger partial charge in [-0.05, 0) is 61.6 Å². The highest BCUT2D eigenvalue weighted by molar-refractivity contribution is 7.89. The lowest BCUT2D eigenvalue weighted by Gasteiger charge is -2.14. The van der Waals surface area contributed by atoms with E-state index in [1.165, 1.54) is 11.3 Å². The summed E-state index contributed by atoms with van der Waals surface area (Å²) >= 11 is 1.53. The van der Waals surface area contributed by atoms with E-state index in [0.717, 1.165) is 38.6 Å². The van der Waals surface area contributed by atoms with E-state index >= 15 is 0 Å². The quantitative estimate of drug-likeness (QED) is 0.500. The third-order valence-corrected chi connectivity index (χ3v) is 7.88. The Hall–Kier alpha value is -2.77. The molecule has 9 heteroatoms. The van der Waals surface area contributed by atoms with Crippen molar-refractivity contribution in [3.63, 3.8) is 0 Å². The van der Waals surface area contributed by atoms with Gasteiger partial charge in [0.05, 0.1) is 28.9 Å². The van der Waals surface area contributed by atoms with Crippen LogP contribution < -0.4 is 9.46 Å². The summed E-state index contributed by atoms with van der Waals surface area (Å²) in [5.41, 5.74) is 4.44. The fourth-order valence-electron chi connectivity index (χ4n) is 4.04. The molecule has 0 amide bonds. The summed E-state index contributed by atoms with van der Waals surface area (Å²) < 4.78 is 32.7. The van der Waals surface area contributed by atoms with E-state index in [4.69, 9.17) is 9.84 Å². The van der Waals surface area contributed by atoms with Crippen LogP contribution >= 0.6 is 11.3 Å². The highest BCUT2D eigenvalue weighted by atomic mass is 32.2. The molecule has 0 unspecified atom stereocenters. The van der Waals surface area contributed by atoms with Crippen LogP contribution in [0.2, 0.25) is 0 Å². The van der Waals surface area contributed by atoms with Gasteiger partial charge in [0.25, 0.3) is 0 Å². The van der Waals surface area contributed by atoms with E-state index in [-0.39, 0.29) is 17.9 Å². The summed E-state index contributed by atoms with van der Waals surface area (Å²) in [5, 5.41) is 19.3. The molecule has 1 aliphatic carbocycles. The molecular formula is C24H25N3O4S2. The Morgan fingerprint density at radius 2 is 2.15 bits per heavy atom. The van der Waals surface area contributed by atoms with E-state index < -0.39 is 16.6 Å². The van der Waals surface area contributed by atoms with E-state index in [1.54, 1.807) is 12.1 Å². The Morgan fingerprint density at radius 1 is 1.33 bits per heavy atom. The summed E-state index contributed by atoms with van der Waals surface area (Å²) in [5.74, 6) is 0.256. The van der Waals surface area contributed by atoms with Gasteiger partial charge in [0, 0.05) is 17.8 Å². The lowest BCUT2D eigenvalue weighted by atomic mass is 10.0. The molecule has 3 aromatic rings. The highest BCUT2D eigenvalue weighted by Gasteiger charge is 2.28. The van der Waals surface area contributed by atoms with Crippen LogP contribution in [0.3, 0.4) is 0 Å². The third-order valence-electron chi connectivity index (χ3n) is 5.43. The Bertz CT molecular complexity index is 1310. The van der Waals surface area contributed by atoms with Gasteiger partial charge in [-0.2, -0.15) is 5.26 Å². The van der Waals surface area contributed by atoms with Gasteiger partial charge in [-0.25, -0.2) is 18.1 Å². The monoisotopic (exact) mass is 483 g/mol. The van der Waals surface area contributed by atoms with E-state index in [1.807, 2.05) is 44.3 Å². The average Bonchev–Trinajstić information content (AvgIpc) is 3.41. The van der Waals surface area contributed by atoms with Crippen molar-refractivity contribution in [3.05, 3.63) is 59.3 Å². The number of nitriles is 1. The largest absolute Gasteiger partial charge is 0.490 e. The lowest BCUT2D eigenvalue weighted by molar-refractivity contribution is 0.242. The van der Waals surface area contributed by atoms with Crippen LogP contribution in [0.25, 0.3) is 21.0 Å². The number of thiazole rings is 1. The number of rotatable bonds is 8. The first kappa shape index (κ1) is 23.4. The SMILES string of the molecule is CC(C)Oc1ccc(-c2ncc(-c3cccc4c3CC[C@@H]4NS(=O)(=O)CCO)s2)cc1C#N. The van der Waals surface area contributed by atoms with Crippen molar-refractivity contribution < 1.29 is 18.3 Å². The second kappa shape index (κ2) is 9.61. The smallest absolute Gasteiger partial charge is 0.214 e. The van der Waals surface area contributed by atoms with Gasteiger partial charge >= 0.3 is 0 Å². The van der Waals surface area contributed by atoms with Crippen LogP contribution in [0, 0.1) is 11.3 Å². The first-order chi connectivity index (χ1) is 15.8. The molecule has 0 fully saturated rings. The number of ether oxygens (including phenoxy) is 1. The zero-order valence-corrected chi connectivity index (χ0v) is 20.0. The van der Waals surface area contributed by atoms with Crippen LogP contribution in [0.4, 0.5) is 0 Å². The topological polar surface area (TPSA) is 112 Å². The Morgan fingerprint density at radius 3 is 2.88 bits per heavy atom. The maximum Gasteiger partial charge on any atom is 0.214 e. The molecule has 0 spiro atoms. The molecule has 1 aromatic heterocycles. The molecule has 1 atom stereocenters. The normalized spacial score (nSPS) is 15.4. The molecular weight excluding hydrogens is 458 g/mol. The number of nitrogens with zero attached hydrogens (tertiary/aromatic N) is 2. The summed E-state index contributed by atoms with van der Waals surface area (Å²) in [6, 6.07) is 13.3. The predicted molar refractivity (Wildman–Crippen MR) is 129 cm³/mol. The summed E-state index contributed by atoms with van der Waals surface area (Å²) in [7, 11) is -3.53. The summed E-state index contributed by atoms with van der Waals surface area (Å²) in [4.78, 5) is 5.57. The van der Waals surface area contributed by atoms with Crippen molar-refractivity contribution in [1.29, 1.82) is 5.26 Å². The lowest BCUT2D eigenvalue weighted by Crippen LogP contribution is -2.30. The zero-order valence-electron chi connectivity index (χ0n) is 18.4. The minimum Gasteiger partial charge on any atom is -0.490 e. The number of hydrogen-bond acceptors (Lipinski definition) is 7. The van der Waals surface area contributed by atoms with Crippen molar-refractivity contribution >= 4 is 21.4 Å². The van der Waals surface area contributed by atoms with Gasteiger partial charge in [0.15, 0.2) is 0 Å². The van der Waals surface area contributed by atoms with Gasteiger partial charge < -0.3 is 9.84 Å². The van der Waals surface area contributed by atoms with E-state index in [0.29, 0.717) is 17.7 Å². The van der Waals surface area contributed by atoms with E-state index in [9.17, 15) is 13.7 Å². The Balaban J connectivity index is 1.63. The van der Waals surface area contributed by atoms with Gasteiger partial charge in [0.2, 0.25) is 10.0 Å². The molecule has 0 saturated carbocycles. The van der Waals surface area contributed by atoms with Crippen LogP contribution in [-0.2, 0) is 16.4 Å². The molecule has 1 aliphatic rings. The number of hydrogen-bond donors (Lipinski definition) is 2. The molecule has 4 rings (SSSR count). The number of aromatic nitrogens is 1. The second-order valence-corrected chi connectivity index (χ2v) is 11.0. The zero-order chi connectivity index (χ0) is 23.6. The van der Waals surface area contributed by atoms with Gasteiger partial charge in [-0.1, -0.05) is 18.2 Å². The number of sulfonamides is 1. The fraction of sp³-hybridized carbons (Fsp3) is 0.333. The maximum atomic E-state index is 12.1. The van der Waals surface area contributed by atoms with Crippen molar-refractivity contribution in [3.8, 4) is 32.8 Å². The molecule has 2 N–H and O–H groups in total. The van der Waals surface area contributed by atoms with Crippen molar-refractivity contribution in [1.82, 2.24) is 9.71 Å². The number of aliphatic hydroxyl groups excluding tert-OH is 1. The van der Waals surface area contributed by atoms with Crippen LogP contribution in [0.5, 0.6) is 5.75 Å². The number of aliphatic hydroxyl groups is 1. The predicted octanol–water partition coefficient (Wildman–Crippen LogP) is 4.03. The molecule has 0 saturated heterocycles. The maximum absolute atomic E-state index is 12.1. The molecule has 0 radical (unpaired) electrons. The molecule has 2 aromatic carbocycles. The van der Waals surface area contributed by atoms with Gasteiger partial charge in [0.1, 0.15) is 16.8 Å². The molecule has 0 aliphatic heterocycles. The molecule has 172 valence electrons. The van der Waals surface area contributed by atoms with Crippen LogP contribution in [-0.4, -0.2) is 37.0 Å².